The second-order valence-electron chi connectivity index (χ2n) is 3.78. The highest BCUT2D eigenvalue weighted by molar-refractivity contribution is 5.40. The molecule has 108 valence electrons. The summed E-state index contributed by atoms with van der Waals surface area (Å²) in [5, 5.41) is 35.5. The number of rotatable bonds is 2. The summed E-state index contributed by atoms with van der Waals surface area (Å²) in [6.07, 6.45) is 0. The molecule has 0 aliphatic heterocycles. The number of ether oxygens (including phenoxy) is 2. The fourth-order valence-corrected chi connectivity index (χ4v) is 1.37. The summed E-state index contributed by atoms with van der Waals surface area (Å²) >= 11 is 0. The second kappa shape index (κ2) is 6.98. The molecule has 0 spiro atoms. The first kappa shape index (κ1) is 15.3. The topological polar surface area (TPSA) is 99.4 Å². The first-order valence-electron chi connectivity index (χ1n) is 5.58. The highest BCUT2D eigenvalue weighted by atomic mass is 16.5. The quantitative estimate of drug-likeness (QED) is 0.673. The van der Waals surface area contributed by atoms with Crippen LogP contribution in [0.2, 0.25) is 0 Å². The van der Waals surface area contributed by atoms with Crippen molar-refractivity contribution in [1.82, 2.24) is 0 Å². The highest BCUT2D eigenvalue weighted by Gasteiger charge is 1.97. The van der Waals surface area contributed by atoms with Crippen molar-refractivity contribution in [3.05, 3.63) is 36.4 Å². The maximum Gasteiger partial charge on any atom is 0.126 e. The van der Waals surface area contributed by atoms with Crippen LogP contribution in [0.15, 0.2) is 36.4 Å². The van der Waals surface area contributed by atoms with E-state index in [2.05, 4.69) is 0 Å². The summed E-state index contributed by atoms with van der Waals surface area (Å²) in [6.45, 7) is 0. The molecule has 0 heterocycles. The van der Waals surface area contributed by atoms with Gasteiger partial charge < -0.3 is 29.9 Å². The zero-order chi connectivity index (χ0) is 15.1. The standard InChI is InChI=1S/2C7H8O3/c2*1-10-7-3-5(8)2-6(9)4-7/h2*2-4,8-9H,1H3. The number of phenolic OH excluding ortho intramolecular Hbond substituents is 4. The highest BCUT2D eigenvalue weighted by Crippen LogP contribution is 2.25. The Bertz CT molecular complexity index is 476. The maximum absolute atomic E-state index is 8.88. The van der Waals surface area contributed by atoms with Gasteiger partial charge >= 0.3 is 0 Å². The van der Waals surface area contributed by atoms with Gasteiger partial charge in [0.05, 0.1) is 14.2 Å². The van der Waals surface area contributed by atoms with Crippen molar-refractivity contribution in [2.45, 2.75) is 0 Å². The van der Waals surface area contributed by atoms with Crippen LogP contribution in [0.5, 0.6) is 34.5 Å². The van der Waals surface area contributed by atoms with Crippen molar-refractivity contribution in [3.63, 3.8) is 0 Å². The van der Waals surface area contributed by atoms with E-state index in [1.165, 1.54) is 50.6 Å². The molecule has 0 saturated heterocycles. The lowest BCUT2D eigenvalue weighted by Gasteiger charge is -2.00. The predicted octanol–water partition coefficient (Wildman–Crippen LogP) is 2.21. The average Bonchev–Trinajstić information content (AvgIpc) is 2.37. The van der Waals surface area contributed by atoms with E-state index in [1.54, 1.807) is 0 Å². The van der Waals surface area contributed by atoms with E-state index in [4.69, 9.17) is 29.9 Å². The van der Waals surface area contributed by atoms with Crippen LogP contribution in [0.4, 0.5) is 0 Å². The van der Waals surface area contributed by atoms with E-state index in [0.717, 1.165) is 0 Å². The van der Waals surface area contributed by atoms with Crippen LogP contribution >= 0.6 is 0 Å². The van der Waals surface area contributed by atoms with E-state index in [0.29, 0.717) is 11.5 Å². The molecule has 0 aromatic heterocycles. The first-order valence-corrected chi connectivity index (χ1v) is 5.58. The van der Waals surface area contributed by atoms with Crippen LogP contribution in [-0.2, 0) is 0 Å². The molecule has 20 heavy (non-hydrogen) atoms. The molecule has 0 radical (unpaired) electrons. The summed E-state index contributed by atoms with van der Waals surface area (Å²) < 4.78 is 9.51. The molecule has 2 aromatic carbocycles. The summed E-state index contributed by atoms with van der Waals surface area (Å²) in [5.74, 6) is 0.873. The third-order valence-corrected chi connectivity index (χ3v) is 2.22. The number of aromatic hydroxyl groups is 4. The van der Waals surface area contributed by atoms with Crippen molar-refractivity contribution in [2.24, 2.45) is 0 Å². The van der Waals surface area contributed by atoms with Crippen LogP contribution in [-0.4, -0.2) is 34.6 Å². The van der Waals surface area contributed by atoms with Crippen molar-refractivity contribution >= 4 is 0 Å². The van der Waals surface area contributed by atoms with Crippen molar-refractivity contribution in [3.8, 4) is 34.5 Å². The number of methoxy groups -OCH3 is 2. The molecule has 0 fully saturated rings. The Morgan fingerprint density at radius 3 is 1.00 bits per heavy atom. The zero-order valence-corrected chi connectivity index (χ0v) is 11.1. The van der Waals surface area contributed by atoms with Crippen LogP contribution < -0.4 is 9.47 Å². The Hall–Kier alpha value is -2.76. The lowest BCUT2D eigenvalue weighted by molar-refractivity contribution is 0.397. The molecular weight excluding hydrogens is 264 g/mol. The summed E-state index contributed by atoms with van der Waals surface area (Å²) in [6, 6.07) is 8.14. The normalized spacial score (nSPS) is 9.30. The van der Waals surface area contributed by atoms with Gasteiger partial charge in [-0.3, -0.25) is 0 Å². The Kier molecular flexibility index (Phi) is 5.34. The first-order chi connectivity index (χ1) is 9.44. The van der Waals surface area contributed by atoms with Crippen molar-refractivity contribution in [2.75, 3.05) is 14.2 Å². The monoisotopic (exact) mass is 280 g/mol. The maximum atomic E-state index is 8.88. The lowest BCUT2D eigenvalue weighted by Crippen LogP contribution is -1.80. The minimum Gasteiger partial charge on any atom is -0.508 e. The Labute approximate surface area is 116 Å². The molecule has 2 rings (SSSR count). The Morgan fingerprint density at radius 1 is 0.550 bits per heavy atom. The lowest BCUT2D eigenvalue weighted by atomic mass is 10.3. The number of benzene rings is 2. The van der Waals surface area contributed by atoms with Gasteiger partial charge in [0.15, 0.2) is 0 Å². The molecule has 0 unspecified atom stereocenters. The van der Waals surface area contributed by atoms with E-state index in [9.17, 15) is 0 Å². The molecule has 0 atom stereocenters. The van der Waals surface area contributed by atoms with Gasteiger partial charge in [0.1, 0.15) is 34.5 Å². The molecular formula is C14H16O6. The largest absolute Gasteiger partial charge is 0.508 e. The fourth-order valence-electron chi connectivity index (χ4n) is 1.37. The number of phenols is 4. The predicted molar refractivity (Wildman–Crippen MR) is 72.6 cm³/mol. The van der Waals surface area contributed by atoms with Gasteiger partial charge in [0.2, 0.25) is 0 Å². The second-order valence-corrected chi connectivity index (χ2v) is 3.78. The molecule has 0 aliphatic rings. The number of hydrogen-bond donors (Lipinski definition) is 4. The third kappa shape index (κ3) is 4.85. The number of hydrogen-bond acceptors (Lipinski definition) is 6. The van der Waals surface area contributed by atoms with E-state index in [1.807, 2.05) is 0 Å². The molecule has 6 heteroatoms. The fraction of sp³-hybridized carbons (Fsp3) is 0.143. The van der Waals surface area contributed by atoms with Gasteiger partial charge in [-0.25, -0.2) is 0 Å². The van der Waals surface area contributed by atoms with Gasteiger partial charge in [-0.05, 0) is 0 Å². The SMILES string of the molecule is COc1cc(O)cc(O)c1.COc1cc(O)cc(O)c1. The van der Waals surface area contributed by atoms with E-state index in [-0.39, 0.29) is 23.0 Å². The van der Waals surface area contributed by atoms with Crippen LogP contribution in [0, 0.1) is 0 Å². The zero-order valence-electron chi connectivity index (χ0n) is 11.1. The molecule has 0 amide bonds. The van der Waals surface area contributed by atoms with Crippen LogP contribution in [0.3, 0.4) is 0 Å². The van der Waals surface area contributed by atoms with E-state index < -0.39 is 0 Å². The van der Waals surface area contributed by atoms with Crippen LogP contribution in [0.1, 0.15) is 0 Å². The molecule has 0 saturated carbocycles. The van der Waals surface area contributed by atoms with Gasteiger partial charge in [0, 0.05) is 36.4 Å². The average molecular weight is 280 g/mol. The summed E-state index contributed by atoms with van der Waals surface area (Å²) in [7, 11) is 2.93. The van der Waals surface area contributed by atoms with Gasteiger partial charge in [-0.2, -0.15) is 0 Å². The molecule has 0 bridgehead atoms. The molecule has 4 N–H and O–H groups in total. The Morgan fingerprint density at radius 2 is 0.800 bits per heavy atom. The third-order valence-electron chi connectivity index (χ3n) is 2.22. The van der Waals surface area contributed by atoms with Crippen molar-refractivity contribution < 1.29 is 29.9 Å². The molecule has 6 nitrogen and oxygen atoms in total. The molecule has 2 aromatic rings. The summed E-state index contributed by atoms with van der Waals surface area (Å²) in [4.78, 5) is 0. The molecule has 0 aliphatic carbocycles. The minimum absolute atomic E-state index is 0.00292. The minimum atomic E-state index is -0.00292. The van der Waals surface area contributed by atoms with E-state index >= 15 is 0 Å². The summed E-state index contributed by atoms with van der Waals surface area (Å²) in [5.41, 5.74) is 0. The van der Waals surface area contributed by atoms with Gasteiger partial charge in [-0.1, -0.05) is 0 Å². The van der Waals surface area contributed by atoms with Gasteiger partial charge in [-0.15, -0.1) is 0 Å². The van der Waals surface area contributed by atoms with Gasteiger partial charge in [0.25, 0.3) is 0 Å². The Balaban J connectivity index is 0.000000200. The smallest absolute Gasteiger partial charge is 0.126 e. The van der Waals surface area contributed by atoms with Crippen molar-refractivity contribution in [1.29, 1.82) is 0 Å². The van der Waals surface area contributed by atoms with Crippen LogP contribution in [0.25, 0.3) is 0 Å².